The van der Waals surface area contributed by atoms with E-state index in [1.54, 1.807) is 36.3 Å². The number of methoxy groups -OCH3 is 2. The van der Waals surface area contributed by atoms with Gasteiger partial charge in [0, 0.05) is 30.6 Å². The third kappa shape index (κ3) is 5.20. The average molecular weight is 533 g/mol. The molecule has 1 amide bonds. The first kappa shape index (κ1) is 26.0. The van der Waals surface area contributed by atoms with Crippen LogP contribution in [-0.2, 0) is 16.6 Å². The Labute approximate surface area is 214 Å². The maximum Gasteiger partial charge on any atom is 0.255 e. The zero-order chi connectivity index (χ0) is 25.9. The monoisotopic (exact) mass is 532 g/mol. The molecule has 1 fully saturated rings. The Morgan fingerprint density at radius 3 is 2.50 bits per heavy atom. The quantitative estimate of drug-likeness (QED) is 0.382. The van der Waals surface area contributed by atoms with Gasteiger partial charge in [0.2, 0.25) is 21.7 Å². The highest BCUT2D eigenvalue weighted by atomic mass is 32.2. The zero-order valence-electron chi connectivity index (χ0n) is 20.6. The number of amides is 1. The molecule has 10 nitrogen and oxygen atoms in total. The molecule has 12 heteroatoms. The van der Waals surface area contributed by atoms with E-state index in [1.807, 2.05) is 6.26 Å². The van der Waals surface area contributed by atoms with Crippen molar-refractivity contribution in [3.05, 3.63) is 47.9 Å². The number of benzene rings is 2. The Morgan fingerprint density at radius 1 is 1.11 bits per heavy atom. The lowest BCUT2D eigenvalue weighted by atomic mass is 10.2. The minimum Gasteiger partial charge on any atom is -0.493 e. The highest BCUT2D eigenvalue weighted by Crippen LogP contribution is 2.32. The van der Waals surface area contributed by atoms with Gasteiger partial charge in [-0.3, -0.25) is 4.79 Å². The summed E-state index contributed by atoms with van der Waals surface area (Å²) in [5, 5.41) is 3.97. The minimum absolute atomic E-state index is 0.0324. The number of aromatic nitrogens is 2. The highest BCUT2D eigenvalue weighted by Gasteiger charge is 2.27. The lowest BCUT2D eigenvalue weighted by molar-refractivity contribution is 0.0789. The second kappa shape index (κ2) is 10.9. The number of hydrogen-bond acceptors (Lipinski definition) is 9. The smallest absolute Gasteiger partial charge is 0.255 e. The summed E-state index contributed by atoms with van der Waals surface area (Å²) in [6.07, 6.45) is 3.77. The predicted molar refractivity (Wildman–Crippen MR) is 135 cm³/mol. The number of carbonyl (C=O) groups is 1. The lowest BCUT2D eigenvalue weighted by Gasteiger charge is -2.19. The molecule has 0 aliphatic carbocycles. The molecular weight excluding hydrogens is 504 g/mol. The van der Waals surface area contributed by atoms with E-state index in [2.05, 4.69) is 10.1 Å². The number of ether oxygens (including phenoxy) is 2. The number of hydrogen-bond donors (Lipinski definition) is 0. The topological polar surface area (TPSA) is 115 Å². The maximum absolute atomic E-state index is 13.3. The molecule has 1 aromatic heterocycles. The van der Waals surface area contributed by atoms with E-state index in [0.717, 1.165) is 22.0 Å². The summed E-state index contributed by atoms with van der Waals surface area (Å²) in [6, 6.07) is 9.84. The normalized spacial score (nSPS) is 13.9. The molecule has 0 unspecified atom stereocenters. The van der Waals surface area contributed by atoms with E-state index in [4.69, 9.17) is 14.0 Å². The van der Waals surface area contributed by atoms with Gasteiger partial charge in [0.15, 0.2) is 11.5 Å². The van der Waals surface area contributed by atoms with Gasteiger partial charge >= 0.3 is 0 Å². The van der Waals surface area contributed by atoms with Crippen molar-refractivity contribution in [3.63, 3.8) is 0 Å². The van der Waals surface area contributed by atoms with Gasteiger partial charge in [-0.25, -0.2) is 8.42 Å². The Balaban J connectivity index is 1.55. The molecule has 0 spiro atoms. The van der Waals surface area contributed by atoms with Crippen molar-refractivity contribution in [1.82, 2.24) is 19.3 Å². The summed E-state index contributed by atoms with van der Waals surface area (Å²) < 4.78 is 43.7. The van der Waals surface area contributed by atoms with E-state index >= 15 is 0 Å². The standard InChI is InChI=1S/C24H28N4O6S2/c1-27(15-22-25-23(26-34-22)16-7-9-19(32-2)20(13-16)33-3)36(30,31)17-8-10-21(35-4)18(14-17)24(29)28-11-5-6-12-28/h7-10,13-14H,5-6,11-12,15H2,1-4H3. The van der Waals surface area contributed by atoms with Crippen LogP contribution in [0.2, 0.25) is 0 Å². The summed E-state index contributed by atoms with van der Waals surface area (Å²) in [4.78, 5) is 19.9. The molecule has 1 saturated heterocycles. The van der Waals surface area contributed by atoms with Crippen molar-refractivity contribution in [1.29, 1.82) is 0 Å². The molecule has 192 valence electrons. The number of likely N-dealkylation sites (tertiary alicyclic amines) is 1. The third-order valence-electron chi connectivity index (χ3n) is 5.97. The molecule has 0 N–H and O–H groups in total. The molecule has 0 saturated carbocycles. The number of rotatable bonds is 9. The van der Waals surface area contributed by atoms with Gasteiger partial charge in [0.25, 0.3) is 5.91 Å². The molecular formula is C24H28N4O6S2. The molecule has 0 radical (unpaired) electrons. The molecule has 2 aromatic carbocycles. The largest absolute Gasteiger partial charge is 0.493 e. The Hall–Kier alpha value is -3.09. The summed E-state index contributed by atoms with van der Waals surface area (Å²) in [5.41, 5.74) is 1.03. The van der Waals surface area contributed by atoms with Gasteiger partial charge in [-0.2, -0.15) is 9.29 Å². The van der Waals surface area contributed by atoms with Gasteiger partial charge in [-0.15, -0.1) is 11.8 Å². The summed E-state index contributed by atoms with van der Waals surface area (Å²) in [5.74, 6) is 1.34. The first-order valence-corrected chi connectivity index (χ1v) is 13.9. The van der Waals surface area contributed by atoms with Crippen LogP contribution in [-0.4, -0.2) is 74.3 Å². The number of carbonyl (C=O) groups excluding carboxylic acids is 1. The van der Waals surface area contributed by atoms with Crippen molar-refractivity contribution >= 4 is 27.7 Å². The second-order valence-electron chi connectivity index (χ2n) is 8.20. The van der Waals surface area contributed by atoms with Gasteiger partial charge < -0.3 is 18.9 Å². The molecule has 1 aliphatic rings. The first-order valence-electron chi connectivity index (χ1n) is 11.3. The fourth-order valence-electron chi connectivity index (χ4n) is 3.97. The predicted octanol–water partition coefficient (Wildman–Crippen LogP) is 3.53. The Morgan fingerprint density at radius 2 is 1.83 bits per heavy atom. The second-order valence-corrected chi connectivity index (χ2v) is 11.1. The van der Waals surface area contributed by atoms with Crippen molar-refractivity contribution in [2.75, 3.05) is 40.6 Å². The summed E-state index contributed by atoms with van der Waals surface area (Å²) in [6.45, 7) is 1.23. The number of thioether (sulfide) groups is 1. The van der Waals surface area contributed by atoms with Crippen LogP contribution in [0.25, 0.3) is 11.4 Å². The van der Waals surface area contributed by atoms with Crippen molar-refractivity contribution in [2.45, 2.75) is 29.2 Å². The van der Waals surface area contributed by atoms with Crippen molar-refractivity contribution in [2.24, 2.45) is 0 Å². The van der Waals surface area contributed by atoms with Crippen LogP contribution >= 0.6 is 11.8 Å². The van der Waals surface area contributed by atoms with Crippen LogP contribution in [0.5, 0.6) is 11.5 Å². The molecule has 0 atom stereocenters. The first-order chi connectivity index (χ1) is 17.3. The average Bonchev–Trinajstić information content (AvgIpc) is 3.60. The molecule has 36 heavy (non-hydrogen) atoms. The molecule has 4 rings (SSSR count). The molecule has 2 heterocycles. The summed E-state index contributed by atoms with van der Waals surface area (Å²) >= 11 is 1.41. The van der Waals surface area contributed by atoms with Crippen LogP contribution in [0, 0.1) is 0 Å². The van der Waals surface area contributed by atoms with Crippen molar-refractivity contribution in [3.8, 4) is 22.9 Å². The van der Waals surface area contributed by atoms with E-state index in [-0.39, 0.29) is 23.2 Å². The summed E-state index contributed by atoms with van der Waals surface area (Å²) in [7, 11) is 0.571. The minimum atomic E-state index is -3.93. The number of nitrogens with zero attached hydrogens (tertiary/aromatic N) is 4. The third-order valence-corrected chi connectivity index (χ3v) is 8.57. The van der Waals surface area contributed by atoms with Crippen LogP contribution < -0.4 is 9.47 Å². The Bertz CT molecular complexity index is 1350. The van der Waals surface area contributed by atoms with E-state index in [0.29, 0.717) is 41.5 Å². The van der Waals surface area contributed by atoms with Gasteiger partial charge in [0.05, 0.1) is 31.2 Å². The van der Waals surface area contributed by atoms with Crippen LogP contribution in [0.3, 0.4) is 0 Å². The fourth-order valence-corrected chi connectivity index (χ4v) is 5.69. The SMILES string of the molecule is COc1ccc(-c2noc(CN(C)S(=O)(=O)c3ccc(SC)c(C(=O)N4CCCC4)c3)n2)cc1OC. The van der Waals surface area contributed by atoms with E-state index in [9.17, 15) is 13.2 Å². The number of sulfonamides is 1. The van der Waals surface area contributed by atoms with Crippen molar-refractivity contribution < 1.29 is 27.2 Å². The zero-order valence-corrected chi connectivity index (χ0v) is 22.2. The highest BCUT2D eigenvalue weighted by molar-refractivity contribution is 7.98. The molecule has 0 bridgehead atoms. The van der Waals surface area contributed by atoms with Gasteiger partial charge in [0.1, 0.15) is 0 Å². The fraction of sp³-hybridized carbons (Fsp3) is 0.375. The van der Waals surface area contributed by atoms with Gasteiger partial charge in [-0.05, 0) is 55.5 Å². The molecule has 1 aliphatic heterocycles. The van der Waals surface area contributed by atoms with Gasteiger partial charge in [-0.1, -0.05) is 5.16 Å². The Kier molecular flexibility index (Phi) is 7.86. The van der Waals surface area contributed by atoms with Crippen LogP contribution in [0.4, 0.5) is 0 Å². The van der Waals surface area contributed by atoms with Crippen LogP contribution in [0.1, 0.15) is 29.1 Å². The molecule has 3 aromatic rings. The van der Waals surface area contributed by atoms with E-state index in [1.165, 1.54) is 38.1 Å². The van der Waals surface area contributed by atoms with E-state index < -0.39 is 10.0 Å². The lowest BCUT2D eigenvalue weighted by Crippen LogP contribution is -2.29. The van der Waals surface area contributed by atoms with Crippen LogP contribution in [0.15, 0.2) is 50.7 Å². The maximum atomic E-state index is 13.3.